The van der Waals surface area contributed by atoms with Gasteiger partial charge in [-0.3, -0.25) is 4.79 Å². The summed E-state index contributed by atoms with van der Waals surface area (Å²) < 4.78 is 0. The Morgan fingerprint density at radius 1 is 1.53 bits per heavy atom. The zero-order valence-corrected chi connectivity index (χ0v) is 11.1. The average Bonchev–Trinajstić information content (AvgIpc) is 2.84. The van der Waals surface area contributed by atoms with Crippen LogP contribution in [0.25, 0.3) is 0 Å². The largest absolute Gasteiger partial charge is 0.481 e. The molecule has 1 fully saturated rings. The SMILES string of the molecule is CCCC1(C(=O)O)CCN(c2ccccc2C#N)C1. The van der Waals surface area contributed by atoms with Crippen molar-refractivity contribution in [1.29, 1.82) is 5.26 Å². The zero-order valence-electron chi connectivity index (χ0n) is 11.1. The third-order valence-electron chi connectivity index (χ3n) is 3.90. The molecule has 0 radical (unpaired) electrons. The van der Waals surface area contributed by atoms with Crippen LogP contribution in [-0.4, -0.2) is 24.2 Å². The number of carbonyl (C=O) groups is 1. The molecule has 0 bridgehead atoms. The summed E-state index contributed by atoms with van der Waals surface area (Å²) in [5.74, 6) is -0.716. The monoisotopic (exact) mass is 258 g/mol. The van der Waals surface area contributed by atoms with E-state index in [1.807, 2.05) is 30.0 Å². The van der Waals surface area contributed by atoms with Gasteiger partial charge < -0.3 is 10.0 Å². The van der Waals surface area contributed by atoms with E-state index in [1.165, 1.54) is 0 Å². The highest BCUT2D eigenvalue weighted by Gasteiger charge is 2.44. The van der Waals surface area contributed by atoms with Gasteiger partial charge in [-0.05, 0) is 25.0 Å². The van der Waals surface area contributed by atoms with Crippen LogP contribution in [0.2, 0.25) is 0 Å². The van der Waals surface area contributed by atoms with Crippen molar-refractivity contribution in [3.05, 3.63) is 29.8 Å². The van der Waals surface area contributed by atoms with Gasteiger partial charge in [0.15, 0.2) is 0 Å². The van der Waals surface area contributed by atoms with Crippen molar-refractivity contribution in [2.45, 2.75) is 26.2 Å². The molecule has 1 aliphatic rings. The zero-order chi connectivity index (χ0) is 13.9. The minimum absolute atomic E-state index is 0.495. The Morgan fingerprint density at radius 2 is 2.26 bits per heavy atom. The van der Waals surface area contributed by atoms with Crippen molar-refractivity contribution < 1.29 is 9.90 Å². The Balaban J connectivity index is 2.26. The number of rotatable bonds is 4. The molecular weight excluding hydrogens is 240 g/mol. The second kappa shape index (κ2) is 5.31. The maximum Gasteiger partial charge on any atom is 0.311 e. The van der Waals surface area contributed by atoms with Crippen molar-refractivity contribution in [3.63, 3.8) is 0 Å². The van der Waals surface area contributed by atoms with Crippen LogP contribution in [0.15, 0.2) is 24.3 Å². The first kappa shape index (κ1) is 13.4. The Morgan fingerprint density at radius 3 is 2.89 bits per heavy atom. The molecule has 1 aliphatic heterocycles. The summed E-state index contributed by atoms with van der Waals surface area (Å²) in [5.41, 5.74) is 0.807. The van der Waals surface area contributed by atoms with Crippen molar-refractivity contribution >= 4 is 11.7 Å². The first-order valence-corrected chi connectivity index (χ1v) is 6.60. The fraction of sp³-hybridized carbons (Fsp3) is 0.467. The predicted molar refractivity (Wildman–Crippen MR) is 73.0 cm³/mol. The molecule has 1 aromatic carbocycles. The molecule has 0 aromatic heterocycles. The highest BCUT2D eigenvalue weighted by molar-refractivity contribution is 5.77. The summed E-state index contributed by atoms with van der Waals surface area (Å²) >= 11 is 0. The number of anilines is 1. The molecule has 1 N–H and O–H groups in total. The molecule has 1 saturated heterocycles. The van der Waals surface area contributed by atoms with Gasteiger partial charge in [0.05, 0.1) is 16.7 Å². The standard InChI is InChI=1S/C15H18N2O2/c1-2-7-15(14(18)19)8-9-17(11-15)13-6-4-3-5-12(13)10-16/h3-6H,2,7-9,11H2,1H3,(H,18,19). The van der Waals surface area contributed by atoms with E-state index < -0.39 is 11.4 Å². The molecular formula is C15H18N2O2. The summed E-state index contributed by atoms with van der Waals surface area (Å²) in [6.07, 6.45) is 2.20. The molecule has 1 unspecified atom stereocenters. The summed E-state index contributed by atoms with van der Waals surface area (Å²) in [5, 5.41) is 18.6. The molecule has 4 heteroatoms. The first-order valence-electron chi connectivity index (χ1n) is 6.60. The quantitative estimate of drug-likeness (QED) is 0.901. The molecule has 1 heterocycles. The van der Waals surface area contributed by atoms with E-state index in [0.717, 1.165) is 12.1 Å². The van der Waals surface area contributed by atoms with Crippen LogP contribution in [0.1, 0.15) is 31.7 Å². The Labute approximate surface area is 113 Å². The van der Waals surface area contributed by atoms with E-state index in [4.69, 9.17) is 5.26 Å². The number of nitriles is 1. The Bertz CT molecular complexity index is 521. The lowest BCUT2D eigenvalue weighted by atomic mass is 9.83. The fourth-order valence-electron chi connectivity index (χ4n) is 2.89. The molecule has 100 valence electrons. The maximum absolute atomic E-state index is 11.6. The number of aliphatic carboxylic acids is 1. The van der Waals surface area contributed by atoms with E-state index in [0.29, 0.717) is 31.5 Å². The van der Waals surface area contributed by atoms with Gasteiger partial charge in [0.1, 0.15) is 6.07 Å². The third-order valence-corrected chi connectivity index (χ3v) is 3.90. The maximum atomic E-state index is 11.6. The van der Waals surface area contributed by atoms with Gasteiger partial charge in [-0.2, -0.15) is 5.26 Å². The van der Waals surface area contributed by atoms with Gasteiger partial charge >= 0.3 is 5.97 Å². The molecule has 0 spiro atoms. The van der Waals surface area contributed by atoms with Crippen LogP contribution in [-0.2, 0) is 4.79 Å². The van der Waals surface area contributed by atoms with Crippen molar-refractivity contribution in [1.82, 2.24) is 0 Å². The summed E-state index contributed by atoms with van der Waals surface area (Å²) in [4.78, 5) is 13.6. The minimum Gasteiger partial charge on any atom is -0.481 e. The van der Waals surface area contributed by atoms with E-state index >= 15 is 0 Å². The lowest BCUT2D eigenvalue weighted by Gasteiger charge is -2.25. The molecule has 0 aliphatic carbocycles. The second-order valence-corrected chi connectivity index (χ2v) is 5.14. The van der Waals surface area contributed by atoms with Crippen LogP contribution < -0.4 is 4.90 Å². The molecule has 1 aromatic rings. The van der Waals surface area contributed by atoms with Crippen molar-refractivity contribution in [3.8, 4) is 6.07 Å². The lowest BCUT2D eigenvalue weighted by molar-refractivity contribution is -0.148. The van der Waals surface area contributed by atoms with Crippen molar-refractivity contribution in [2.24, 2.45) is 5.41 Å². The molecule has 0 amide bonds. The smallest absolute Gasteiger partial charge is 0.311 e. The summed E-state index contributed by atoms with van der Waals surface area (Å²) in [6, 6.07) is 9.55. The van der Waals surface area contributed by atoms with E-state index in [2.05, 4.69) is 6.07 Å². The highest BCUT2D eigenvalue weighted by atomic mass is 16.4. The predicted octanol–water partition coefficient (Wildman–Crippen LogP) is 2.64. The first-order chi connectivity index (χ1) is 9.13. The van der Waals surface area contributed by atoms with Crippen LogP contribution in [0.5, 0.6) is 0 Å². The van der Waals surface area contributed by atoms with Gasteiger partial charge in [-0.1, -0.05) is 25.5 Å². The second-order valence-electron chi connectivity index (χ2n) is 5.14. The molecule has 4 nitrogen and oxygen atoms in total. The number of carboxylic acids is 1. The normalized spacial score (nSPS) is 22.2. The highest BCUT2D eigenvalue weighted by Crippen LogP contribution is 2.38. The minimum atomic E-state index is -0.716. The molecule has 19 heavy (non-hydrogen) atoms. The third kappa shape index (κ3) is 2.41. The number of para-hydroxylation sites is 1. The van der Waals surface area contributed by atoms with E-state index in [1.54, 1.807) is 6.07 Å². The van der Waals surface area contributed by atoms with Crippen LogP contribution in [0.3, 0.4) is 0 Å². The Hall–Kier alpha value is -2.02. The van der Waals surface area contributed by atoms with E-state index in [-0.39, 0.29) is 0 Å². The number of benzene rings is 1. The van der Waals surface area contributed by atoms with Crippen LogP contribution >= 0.6 is 0 Å². The Kier molecular flexibility index (Phi) is 3.75. The average molecular weight is 258 g/mol. The van der Waals surface area contributed by atoms with Crippen LogP contribution in [0, 0.1) is 16.7 Å². The van der Waals surface area contributed by atoms with E-state index in [9.17, 15) is 9.90 Å². The number of nitrogens with zero attached hydrogens (tertiary/aromatic N) is 2. The van der Waals surface area contributed by atoms with Crippen molar-refractivity contribution in [2.75, 3.05) is 18.0 Å². The summed E-state index contributed by atoms with van der Waals surface area (Å²) in [7, 11) is 0. The number of hydrogen-bond acceptors (Lipinski definition) is 3. The molecule has 0 saturated carbocycles. The van der Waals surface area contributed by atoms with Gasteiger partial charge in [0.25, 0.3) is 0 Å². The lowest BCUT2D eigenvalue weighted by Crippen LogP contribution is -2.34. The van der Waals surface area contributed by atoms with Gasteiger partial charge in [-0.15, -0.1) is 0 Å². The topological polar surface area (TPSA) is 64.3 Å². The van der Waals surface area contributed by atoms with Gasteiger partial charge in [0, 0.05) is 13.1 Å². The van der Waals surface area contributed by atoms with Gasteiger partial charge in [0.2, 0.25) is 0 Å². The van der Waals surface area contributed by atoms with Crippen LogP contribution in [0.4, 0.5) is 5.69 Å². The number of hydrogen-bond donors (Lipinski definition) is 1. The fourth-order valence-corrected chi connectivity index (χ4v) is 2.89. The molecule has 1 atom stereocenters. The number of carboxylic acid groups (broad SMARTS) is 1. The van der Waals surface area contributed by atoms with Gasteiger partial charge in [-0.25, -0.2) is 0 Å². The molecule has 2 rings (SSSR count). The summed E-state index contributed by atoms with van der Waals surface area (Å²) in [6.45, 7) is 3.20.